The van der Waals surface area contributed by atoms with E-state index in [1.165, 1.54) is 0 Å². The van der Waals surface area contributed by atoms with Gasteiger partial charge < -0.3 is 20.1 Å². The van der Waals surface area contributed by atoms with Crippen molar-refractivity contribution < 1.29 is 20.1 Å². The number of hydrogen-bond donors (Lipinski definition) is 3. The van der Waals surface area contributed by atoms with Crippen molar-refractivity contribution in [2.24, 2.45) is 0 Å². The topological polar surface area (TPSA) is 69.9 Å². The van der Waals surface area contributed by atoms with Crippen LogP contribution in [-0.2, 0) is 4.74 Å². The van der Waals surface area contributed by atoms with E-state index in [1.807, 2.05) is 0 Å². The largest absolute Gasteiger partial charge is 0.389 e. The van der Waals surface area contributed by atoms with Gasteiger partial charge in [-0.1, -0.05) is 15.9 Å². The zero-order chi connectivity index (χ0) is 7.72. The van der Waals surface area contributed by atoms with Crippen molar-refractivity contribution in [2.75, 3.05) is 6.61 Å². The molecule has 60 valence electrons. The minimum Gasteiger partial charge on any atom is -0.389 e. The molecule has 1 rings (SSSR count). The molecule has 1 saturated heterocycles. The minimum atomic E-state index is -1.26. The van der Waals surface area contributed by atoms with E-state index in [0.717, 1.165) is 0 Å². The Hall–Kier alpha value is 0.320. The molecule has 0 bridgehead atoms. The van der Waals surface area contributed by atoms with Gasteiger partial charge >= 0.3 is 0 Å². The molecular formula is C5H9BrO4. The highest BCUT2D eigenvalue weighted by Crippen LogP contribution is 2.18. The van der Waals surface area contributed by atoms with Crippen LogP contribution in [0.4, 0.5) is 0 Å². The van der Waals surface area contributed by atoms with E-state index in [4.69, 9.17) is 15.3 Å². The molecule has 0 aromatic heterocycles. The van der Waals surface area contributed by atoms with Crippen LogP contribution >= 0.6 is 15.9 Å². The molecule has 0 spiro atoms. The van der Waals surface area contributed by atoms with E-state index in [-0.39, 0.29) is 11.4 Å². The van der Waals surface area contributed by atoms with Gasteiger partial charge in [0, 0.05) is 0 Å². The number of alkyl halides is 1. The maximum absolute atomic E-state index is 9.08. The van der Waals surface area contributed by atoms with Crippen LogP contribution in [0.5, 0.6) is 0 Å². The molecule has 4 atom stereocenters. The molecule has 3 N–H and O–H groups in total. The van der Waals surface area contributed by atoms with Gasteiger partial charge in [-0.15, -0.1) is 0 Å². The van der Waals surface area contributed by atoms with Crippen LogP contribution in [0.15, 0.2) is 0 Å². The van der Waals surface area contributed by atoms with E-state index in [9.17, 15) is 0 Å². The maximum Gasteiger partial charge on any atom is 0.183 e. The molecule has 1 aliphatic heterocycles. The second-order valence-corrected chi connectivity index (χ2v) is 3.40. The second kappa shape index (κ2) is 3.15. The lowest BCUT2D eigenvalue weighted by Crippen LogP contribution is -2.50. The summed E-state index contributed by atoms with van der Waals surface area (Å²) in [7, 11) is 0. The lowest BCUT2D eigenvalue weighted by Gasteiger charge is -2.31. The Morgan fingerprint density at radius 2 is 1.80 bits per heavy atom. The summed E-state index contributed by atoms with van der Waals surface area (Å²) in [4.78, 5) is -0.300. The van der Waals surface area contributed by atoms with Crippen LogP contribution in [0, 0.1) is 0 Å². The second-order valence-electron chi connectivity index (χ2n) is 2.22. The lowest BCUT2D eigenvalue weighted by molar-refractivity contribution is -0.216. The monoisotopic (exact) mass is 212 g/mol. The van der Waals surface area contributed by atoms with Crippen LogP contribution < -0.4 is 0 Å². The highest BCUT2D eigenvalue weighted by Gasteiger charge is 2.35. The number of rotatable bonds is 0. The molecule has 5 heteroatoms. The quantitative estimate of drug-likeness (QED) is 0.443. The average Bonchev–Trinajstić information content (AvgIpc) is 1.93. The Morgan fingerprint density at radius 1 is 1.20 bits per heavy atom. The Bertz CT molecular complexity index is 106. The normalized spacial score (nSPS) is 49.2. The van der Waals surface area contributed by atoms with E-state index < -0.39 is 18.5 Å². The molecule has 1 aliphatic rings. The summed E-state index contributed by atoms with van der Waals surface area (Å²) < 4.78 is 4.67. The summed E-state index contributed by atoms with van der Waals surface area (Å²) >= 11 is 3.08. The summed E-state index contributed by atoms with van der Waals surface area (Å²) in [6.45, 7) is 0.208. The van der Waals surface area contributed by atoms with E-state index in [1.54, 1.807) is 0 Å². The molecule has 1 heterocycles. The molecule has 0 saturated carbocycles. The molecule has 10 heavy (non-hydrogen) atoms. The summed E-state index contributed by atoms with van der Waals surface area (Å²) in [6.07, 6.45) is -3.43. The third-order valence-electron chi connectivity index (χ3n) is 1.44. The van der Waals surface area contributed by atoms with Crippen molar-refractivity contribution in [3.05, 3.63) is 0 Å². The summed E-state index contributed by atoms with van der Waals surface area (Å²) in [6, 6.07) is 0. The third-order valence-corrected chi connectivity index (χ3v) is 2.24. The zero-order valence-electron chi connectivity index (χ0n) is 5.14. The first-order valence-corrected chi connectivity index (χ1v) is 3.84. The minimum absolute atomic E-state index is 0.208. The molecule has 0 unspecified atom stereocenters. The van der Waals surface area contributed by atoms with Gasteiger partial charge in [-0.2, -0.15) is 0 Å². The van der Waals surface area contributed by atoms with Crippen molar-refractivity contribution in [2.45, 2.75) is 23.3 Å². The highest BCUT2D eigenvalue weighted by molar-refractivity contribution is 9.09. The van der Waals surface area contributed by atoms with Gasteiger partial charge in [-0.25, -0.2) is 0 Å². The third kappa shape index (κ3) is 1.49. The first kappa shape index (κ1) is 8.42. The Labute approximate surface area is 66.6 Å². The lowest BCUT2D eigenvalue weighted by atomic mass is 10.1. The number of aliphatic hydroxyl groups is 3. The fraction of sp³-hybridized carbons (Fsp3) is 1.00. The van der Waals surface area contributed by atoms with Crippen molar-refractivity contribution in [3.8, 4) is 0 Å². The number of aliphatic hydroxyl groups excluding tert-OH is 3. The van der Waals surface area contributed by atoms with Gasteiger partial charge in [0.2, 0.25) is 0 Å². The summed E-state index contributed by atoms with van der Waals surface area (Å²) in [5.41, 5.74) is 0. The number of halogens is 1. The van der Waals surface area contributed by atoms with Crippen molar-refractivity contribution >= 4 is 15.9 Å². The highest BCUT2D eigenvalue weighted by atomic mass is 79.9. The van der Waals surface area contributed by atoms with E-state index in [0.29, 0.717) is 0 Å². The first-order chi connectivity index (χ1) is 4.63. The van der Waals surface area contributed by atoms with Gasteiger partial charge in [-0.3, -0.25) is 0 Å². The van der Waals surface area contributed by atoms with Crippen LogP contribution in [-0.4, -0.2) is 45.3 Å². The van der Waals surface area contributed by atoms with Crippen LogP contribution in [0.1, 0.15) is 0 Å². The average molecular weight is 213 g/mol. The van der Waals surface area contributed by atoms with Crippen LogP contribution in [0.2, 0.25) is 0 Å². The Kier molecular flexibility index (Phi) is 2.65. The number of hydrogen-bond acceptors (Lipinski definition) is 4. The molecule has 4 nitrogen and oxygen atoms in total. The molecule has 0 aromatic rings. The van der Waals surface area contributed by atoms with Gasteiger partial charge in [0.15, 0.2) is 6.29 Å². The first-order valence-electron chi connectivity index (χ1n) is 2.93. The molecule has 0 radical (unpaired) electrons. The standard InChI is InChI=1S/C5H9BrO4/c6-2-1-10-5(9)4(8)3(2)7/h2-5,7-9H,1H2/t2-,3+,4+,5+/m1/s1. The van der Waals surface area contributed by atoms with E-state index in [2.05, 4.69) is 20.7 Å². The van der Waals surface area contributed by atoms with Crippen LogP contribution in [0.25, 0.3) is 0 Å². The maximum atomic E-state index is 9.08. The predicted octanol–water partition coefficient (Wildman–Crippen LogP) is -1.18. The van der Waals surface area contributed by atoms with Gasteiger partial charge in [0.05, 0.1) is 17.5 Å². The summed E-state index contributed by atoms with van der Waals surface area (Å²) in [5.74, 6) is 0. The smallest absolute Gasteiger partial charge is 0.183 e. The molecule has 0 aromatic carbocycles. The van der Waals surface area contributed by atoms with Crippen LogP contribution in [0.3, 0.4) is 0 Å². The van der Waals surface area contributed by atoms with Gasteiger partial charge in [-0.05, 0) is 0 Å². The Morgan fingerprint density at radius 3 is 2.30 bits per heavy atom. The van der Waals surface area contributed by atoms with E-state index >= 15 is 0 Å². The van der Waals surface area contributed by atoms with Crippen molar-refractivity contribution in [1.29, 1.82) is 0 Å². The zero-order valence-corrected chi connectivity index (χ0v) is 6.73. The molecular weight excluding hydrogens is 204 g/mol. The number of ether oxygens (including phenoxy) is 1. The molecule has 0 aliphatic carbocycles. The van der Waals surface area contributed by atoms with Crippen molar-refractivity contribution in [1.82, 2.24) is 0 Å². The fourth-order valence-corrected chi connectivity index (χ4v) is 1.24. The van der Waals surface area contributed by atoms with Gasteiger partial charge in [0.25, 0.3) is 0 Å². The summed E-state index contributed by atoms with van der Waals surface area (Å²) in [5, 5.41) is 26.9. The Balaban J connectivity index is 2.52. The fourth-order valence-electron chi connectivity index (χ4n) is 0.770. The molecule has 1 fully saturated rings. The van der Waals surface area contributed by atoms with Crippen molar-refractivity contribution in [3.63, 3.8) is 0 Å². The SMILES string of the molecule is O[C@@H]1[C@H](O)[C@@H](O)OC[C@H]1Br. The molecule has 0 amide bonds. The predicted molar refractivity (Wildman–Crippen MR) is 36.7 cm³/mol. The van der Waals surface area contributed by atoms with Gasteiger partial charge in [0.1, 0.15) is 6.10 Å².